The molecule has 0 fully saturated rings. The molecular formula is C17H16N4O9S2. The van der Waals surface area contributed by atoms with E-state index in [0.29, 0.717) is 4.31 Å². The van der Waals surface area contributed by atoms with Crippen LogP contribution in [-0.4, -0.2) is 36.2 Å². The Morgan fingerprint density at radius 2 is 1.25 bits per heavy atom. The zero-order valence-electron chi connectivity index (χ0n) is 16.5. The Kier molecular flexibility index (Phi) is 5.45. The molecular weight excluding hydrogens is 468 g/mol. The van der Waals surface area contributed by atoms with E-state index in [9.17, 15) is 37.1 Å². The van der Waals surface area contributed by atoms with Crippen molar-refractivity contribution in [1.29, 1.82) is 0 Å². The van der Waals surface area contributed by atoms with E-state index in [2.05, 4.69) is 0 Å². The van der Waals surface area contributed by atoms with Crippen LogP contribution in [-0.2, 0) is 24.6 Å². The number of sulfone groups is 1. The Hall–Kier alpha value is -3.56. The molecule has 2 N–H and O–H groups in total. The van der Waals surface area contributed by atoms with Crippen molar-refractivity contribution in [1.82, 2.24) is 4.31 Å². The molecule has 0 aliphatic carbocycles. The van der Waals surface area contributed by atoms with Crippen molar-refractivity contribution in [3.8, 4) is 0 Å². The second-order valence-electron chi connectivity index (χ2n) is 6.65. The van der Waals surface area contributed by atoms with E-state index >= 15 is 0 Å². The van der Waals surface area contributed by atoms with E-state index in [-0.39, 0.29) is 22.8 Å². The normalized spacial score (nSPS) is 19.0. The highest BCUT2D eigenvalue weighted by molar-refractivity contribution is 7.94. The Balaban J connectivity index is 2.14. The fraction of sp³-hybridized carbons (Fsp3) is 0.176. The lowest BCUT2D eigenvalue weighted by atomic mass is 10.3. The Morgan fingerprint density at radius 1 is 0.844 bits per heavy atom. The number of rotatable bonds is 6. The lowest BCUT2D eigenvalue weighted by molar-refractivity contribution is -0.385. The second-order valence-corrected chi connectivity index (χ2v) is 10.5. The number of nitrogens with two attached hydrogens (primary N) is 1. The molecule has 0 saturated heterocycles. The summed E-state index contributed by atoms with van der Waals surface area (Å²) in [6.07, 6.45) is 0. The van der Waals surface area contributed by atoms with Crippen molar-refractivity contribution in [3.05, 3.63) is 80.2 Å². The third-order valence-corrected chi connectivity index (χ3v) is 8.66. The van der Waals surface area contributed by atoms with Gasteiger partial charge in [0, 0.05) is 24.3 Å². The summed E-state index contributed by atoms with van der Waals surface area (Å²) in [5.41, 5.74) is 5.16. The van der Waals surface area contributed by atoms with Gasteiger partial charge in [0.05, 0.1) is 25.3 Å². The highest BCUT2D eigenvalue weighted by atomic mass is 32.2. The minimum absolute atomic E-state index is 0.0940. The van der Waals surface area contributed by atoms with Gasteiger partial charge in [-0.05, 0) is 38.1 Å². The largest absolute Gasteiger partial charge is 0.444 e. The van der Waals surface area contributed by atoms with Crippen molar-refractivity contribution in [2.75, 3.05) is 0 Å². The number of hydrogen-bond donors (Lipinski definition) is 1. The first kappa shape index (κ1) is 23.1. The number of nitro groups is 2. The third-order valence-electron chi connectivity index (χ3n) is 4.73. The fourth-order valence-corrected chi connectivity index (χ4v) is 6.55. The van der Waals surface area contributed by atoms with E-state index in [4.69, 9.17) is 10.5 Å². The Labute approximate surface area is 182 Å². The minimum atomic E-state index is -4.78. The van der Waals surface area contributed by atoms with Crippen LogP contribution in [0.15, 0.2) is 69.8 Å². The quantitative estimate of drug-likeness (QED) is 0.467. The number of ether oxygens (including phenoxy) is 1. The number of benzene rings is 2. The van der Waals surface area contributed by atoms with Crippen LogP contribution in [0.3, 0.4) is 0 Å². The van der Waals surface area contributed by atoms with Gasteiger partial charge in [0.1, 0.15) is 5.76 Å². The molecule has 0 saturated carbocycles. The SMILES string of the molecule is CC1=C(C)N(S(=O)(=O)c2ccc([N+](=O)[O-])cc2)C(N)(S(=O)(=O)c2ccc([N+](=O)[O-])cc2)O1. The van der Waals surface area contributed by atoms with Crippen molar-refractivity contribution >= 4 is 31.2 Å². The van der Waals surface area contributed by atoms with Gasteiger partial charge < -0.3 is 4.74 Å². The van der Waals surface area contributed by atoms with Gasteiger partial charge in [-0.1, -0.05) is 0 Å². The number of hydrogen-bond acceptors (Lipinski definition) is 10. The van der Waals surface area contributed by atoms with Crippen molar-refractivity contribution in [3.63, 3.8) is 0 Å². The highest BCUT2D eigenvalue weighted by Crippen LogP contribution is 2.42. The van der Waals surface area contributed by atoms with Gasteiger partial charge in [0.2, 0.25) is 0 Å². The first-order valence-corrected chi connectivity index (χ1v) is 11.6. The van der Waals surface area contributed by atoms with Crippen LogP contribution in [0.1, 0.15) is 13.8 Å². The number of sulfonamides is 1. The molecule has 13 nitrogen and oxygen atoms in total. The number of nitrogens with zero attached hydrogens (tertiary/aromatic N) is 3. The number of nitro benzene ring substituents is 2. The Bertz CT molecular complexity index is 1350. The van der Waals surface area contributed by atoms with Gasteiger partial charge in [-0.2, -0.15) is 4.31 Å². The zero-order chi connectivity index (χ0) is 24.1. The van der Waals surface area contributed by atoms with E-state index in [1.807, 2.05) is 0 Å². The summed E-state index contributed by atoms with van der Waals surface area (Å²) in [5.74, 6) is -0.0940. The van der Waals surface area contributed by atoms with Crippen molar-refractivity contribution in [2.24, 2.45) is 5.73 Å². The molecule has 15 heteroatoms. The van der Waals surface area contributed by atoms with E-state index < -0.39 is 44.7 Å². The highest BCUT2D eigenvalue weighted by Gasteiger charge is 2.59. The molecule has 1 aliphatic heterocycles. The summed E-state index contributed by atoms with van der Waals surface area (Å²) < 4.78 is 59.0. The molecule has 1 atom stereocenters. The van der Waals surface area contributed by atoms with Crippen molar-refractivity contribution < 1.29 is 31.4 Å². The number of allylic oxidation sites excluding steroid dienone is 2. The van der Waals surface area contributed by atoms with E-state index in [0.717, 1.165) is 48.5 Å². The van der Waals surface area contributed by atoms with Crippen molar-refractivity contribution in [2.45, 2.75) is 28.8 Å². The molecule has 0 aromatic heterocycles. The molecule has 3 rings (SSSR count). The van der Waals surface area contributed by atoms with Gasteiger partial charge in [-0.15, -0.1) is 0 Å². The van der Waals surface area contributed by atoms with Crippen LogP contribution >= 0.6 is 0 Å². The van der Waals surface area contributed by atoms with Crippen LogP contribution in [0.2, 0.25) is 0 Å². The van der Waals surface area contributed by atoms with Crippen LogP contribution in [0, 0.1) is 20.2 Å². The smallest absolute Gasteiger partial charge is 0.362 e. The van der Waals surface area contributed by atoms with Crippen LogP contribution < -0.4 is 5.73 Å². The maximum absolute atomic E-state index is 13.3. The molecule has 2 aromatic carbocycles. The van der Waals surface area contributed by atoms with Gasteiger partial charge in [-0.3, -0.25) is 26.0 Å². The summed E-state index contributed by atoms with van der Waals surface area (Å²) in [6, 6.07) is 7.43. The van der Waals surface area contributed by atoms with Gasteiger partial charge in [0.25, 0.3) is 31.2 Å². The van der Waals surface area contributed by atoms with E-state index in [1.165, 1.54) is 13.8 Å². The standard InChI is InChI=1S/C17H16N4O9S2/c1-11-12(2)30-17(18,31(26,27)15-7-3-13(4-8-15)20(22)23)19(11)32(28,29)16-9-5-14(6-10-16)21(24)25/h3-10H,18H2,1-2H3. The van der Waals surface area contributed by atoms with E-state index in [1.54, 1.807) is 0 Å². The monoisotopic (exact) mass is 484 g/mol. The zero-order valence-corrected chi connectivity index (χ0v) is 18.2. The molecule has 1 unspecified atom stereocenters. The molecule has 170 valence electrons. The summed E-state index contributed by atoms with van der Waals surface area (Å²) >= 11 is 0. The Morgan fingerprint density at radius 3 is 1.66 bits per heavy atom. The second kappa shape index (κ2) is 7.54. The van der Waals surface area contributed by atoms with Gasteiger partial charge in [0.15, 0.2) is 0 Å². The molecule has 0 radical (unpaired) electrons. The average molecular weight is 484 g/mol. The molecule has 0 spiro atoms. The summed E-state index contributed by atoms with van der Waals surface area (Å²) in [6.45, 7) is 2.59. The van der Waals surface area contributed by atoms with Gasteiger partial charge >= 0.3 is 5.18 Å². The molecule has 1 heterocycles. The predicted octanol–water partition coefficient (Wildman–Crippen LogP) is 1.82. The lowest BCUT2D eigenvalue weighted by Crippen LogP contribution is -2.60. The fourth-order valence-electron chi connectivity index (χ4n) is 2.98. The van der Waals surface area contributed by atoms with Crippen LogP contribution in [0.5, 0.6) is 0 Å². The maximum atomic E-state index is 13.3. The van der Waals surface area contributed by atoms with Crippen LogP contribution in [0.4, 0.5) is 11.4 Å². The first-order chi connectivity index (χ1) is 14.7. The number of non-ortho nitro benzene ring substituents is 2. The first-order valence-electron chi connectivity index (χ1n) is 8.68. The summed E-state index contributed by atoms with van der Waals surface area (Å²) in [7, 11) is -9.45. The van der Waals surface area contributed by atoms with Gasteiger partial charge in [-0.25, -0.2) is 16.8 Å². The minimum Gasteiger partial charge on any atom is -0.444 e. The molecule has 0 amide bonds. The van der Waals surface area contributed by atoms with Crippen LogP contribution in [0.25, 0.3) is 0 Å². The molecule has 32 heavy (non-hydrogen) atoms. The molecule has 1 aliphatic rings. The topological polar surface area (TPSA) is 193 Å². The summed E-state index contributed by atoms with van der Waals surface area (Å²) in [5, 5.41) is 18.7. The predicted molar refractivity (Wildman–Crippen MR) is 109 cm³/mol. The lowest BCUT2D eigenvalue weighted by Gasteiger charge is -2.33. The molecule has 2 aromatic rings. The average Bonchev–Trinajstić information content (AvgIpc) is 2.98. The maximum Gasteiger partial charge on any atom is 0.362 e. The molecule has 0 bridgehead atoms. The summed E-state index contributed by atoms with van der Waals surface area (Å²) in [4.78, 5) is 19.3. The third kappa shape index (κ3) is 3.45.